The zero-order chi connectivity index (χ0) is 10.8. The highest BCUT2D eigenvalue weighted by atomic mass is 35.5. The standard InChI is InChI=1S/C12H14FNO.ClH/c1-15-12-7-10-8(4-5-14)2-3-9(10)6-11(12)13;/h2,6-7H,3-5,14H2,1H3;1H. The van der Waals surface area contributed by atoms with Crippen molar-refractivity contribution in [2.75, 3.05) is 13.7 Å². The van der Waals surface area contributed by atoms with E-state index in [4.69, 9.17) is 10.5 Å². The summed E-state index contributed by atoms with van der Waals surface area (Å²) < 4.78 is 18.3. The Bertz CT molecular complexity index is 418. The average molecular weight is 244 g/mol. The molecule has 0 atom stereocenters. The predicted octanol–water partition coefficient (Wildman–Crippen LogP) is 2.54. The van der Waals surface area contributed by atoms with E-state index in [2.05, 4.69) is 6.08 Å². The maximum absolute atomic E-state index is 13.4. The highest BCUT2D eigenvalue weighted by Gasteiger charge is 2.17. The second kappa shape index (κ2) is 5.32. The van der Waals surface area contributed by atoms with Gasteiger partial charge >= 0.3 is 0 Å². The molecule has 16 heavy (non-hydrogen) atoms. The van der Waals surface area contributed by atoms with Crippen molar-refractivity contribution in [1.29, 1.82) is 0 Å². The molecule has 0 saturated carbocycles. The molecule has 0 fully saturated rings. The van der Waals surface area contributed by atoms with Crippen LogP contribution in [0.4, 0.5) is 4.39 Å². The van der Waals surface area contributed by atoms with E-state index in [0.717, 1.165) is 24.0 Å². The monoisotopic (exact) mass is 243 g/mol. The molecule has 0 amide bonds. The van der Waals surface area contributed by atoms with E-state index in [1.807, 2.05) is 0 Å². The molecule has 0 radical (unpaired) electrons. The molecule has 0 aromatic heterocycles. The number of rotatable bonds is 3. The molecular weight excluding hydrogens is 229 g/mol. The summed E-state index contributed by atoms with van der Waals surface area (Å²) in [6.07, 6.45) is 3.74. The van der Waals surface area contributed by atoms with Crippen molar-refractivity contribution >= 4 is 18.0 Å². The second-order valence-electron chi connectivity index (χ2n) is 3.62. The Morgan fingerprint density at radius 3 is 2.81 bits per heavy atom. The summed E-state index contributed by atoms with van der Waals surface area (Å²) in [4.78, 5) is 0. The van der Waals surface area contributed by atoms with E-state index in [-0.39, 0.29) is 18.2 Å². The van der Waals surface area contributed by atoms with Crippen LogP contribution in [0.25, 0.3) is 5.57 Å². The molecule has 0 bridgehead atoms. The van der Waals surface area contributed by atoms with Crippen LogP contribution in [0.15, 0.2) is 18.2 Å². The third-order valence-electron chi connectivity index (χ3n) is 2.71. The Morgan fingerprint density at radius 1 is 1.44 bits per heavy atom. The summed E-state index contributed by atoms with van der Waals surface area (Å²) in [6, 6.07) is 3.31. The largest absolute Gasteiger partial charge is 0.494 e. The molecule has 0 saturated heterocycles. The molecule has 0 spiro atoms. The van der Waals surface area contributed by atoms with E-state index in [1.54, 1.807) is 12.1 Å². The van der Waals surface area contributed by atoms with Crippen LogP contribution in [0.1, 0.15) is 17.5 Å². The molecule has 1 aliphatic carbocycles. The normalized spacial score (nSPS) is 12.8. The maximum atomic E-state index is 13.4. The fourth-order valence-corrected chi connectivity index (χ4v) is 1.95. The van der Waals surface area contributed by atoms with Crippen LogP contribution in [0.3, 0.4) is 0 Å². The molecule has 1 aliphatic rings. The summed E-state index contributed by atoms with van der Waals surface area (Å²) in [6.45, 7) is 0.616. The average Bonchev–Trinajstić information content (AvgIpc) is 2.60. The quantitative estimate of drug-likeness (QED) is 0.886. The van der Waals surface area contributed by atoms with Crippen molar-refractivity contribution in [2.45, 2.75) is 12.8 Å². The Kier molecular flexibility index (Phi) is 4.33. The highest BCUT2D eigenvalue weighted by Crippen LogP contribution is 2.33. The number of halogens is 2. The fraction of sp³-hybridized carbons (Fsp3) is 0.333. The fourth-order valence-electron chi connectivity index (χ4n) is 1.95. The number of allylic oxidation sites excluding steroid dienone is 1. The summed E-state index contributed by atoms with van der Waals surface area (Å²) in [5.41, 5.74) is 8.83. The number of nitrogens with two attached hydrogens (primary N) is 1. The molecule has 0 unspecified atom stereocenters. The van der Waals surface area contributed by atoms with Gasteiger partial charge in [-0.1, -0.05) is 6.08 Å². The lowest BCUT2D eigenvalue weighted by atomic mass is 10.0. The number of hydrogen-bond acceptors (Lipinski definition) is 2. The topological polar surface area (TPSA) is 35.2 Å². The molecule has 0 aliphatic heterocycles. The van der Waals surface area contributed by atoms with Gasteiger partial charge < -0.3 is 10.5 Å². The van der Waals surface area contributed by atoms with E-state index >= 15 is 0 Å². The van der Waals surface area contributed by atoms with Gasteiger partial charge in [0.05, 0.1) is 7.11 Å². The number of hydrogen-bond donors (Lipinski definition) is 1. The first kappa shape index (κ1) is 13.0. The molecule has 88 valence electrons. The highest BCUT2D eigenvalue weighted by molar-refractivity contribution is 5.85. The Hall–Kier alpha value is -1.06. The van der Waals surface area contributed by atoms with Gasteiger partial charge in [0, 0.05) is 0 Å². The molecule has 2 rings (SSSR count). The molecule has 2 nitrogen and oxygen atoms in total. The van der Waals surface area contributed by atoms with Crippen molar-refractivity contribution in [1.82, 2.24) is 0 Å². The predicted molar refractivity (Wildman–Crippen MR) is 65.6 cm³/mol. The summed E-state index contributed by atoms with van der Waals surface area (Å²) in [7, 11) is 1.48. The van der Waals surface area contributed by atoms with Crippen molar-refractivity contribution in [2.24, 2.45) is 5.73 Å². The number of fused-ring (bicyclic) bond motifs is 1. The molecule has 2 N–H and O–H groups in total. The van der Waals surface area contributed by atoms with Gasteiger partial charge in [0.25, 0.3) is 0 Å². The van der Waals surface area contributed by atoms with Crippen molar-refractivity contribution in [3.63, 3.8) is 0 Å². The molecule has 1 aromatic carbocycles. The zero-order valence-electron chi connectivity index (χ0n) is 9.13. The minimum absolute atomic E-state index is 0. The van der Waals surface area contributed by atoms with Crippen molar-refractivity contribution in [3.05, 3.63) is 35.2 Å². The van der Waals surface area contributed by atoms with Crippen LogP contribution >= 0.6 is 12.4 Å². The maximum Gasteiger partial charge on any atom is 0.165 e. The zero-order valence-corrected chi connectivity index (χ0v) is 9.94. The first-order valence-electron chi connectivity index (χ1n) is 5.02. The van der Waals surface area contributed by atoms with Gasteiger partial charge in [0.2, 0.25) is 0 Å². The van der Waals surface area contributed by atoms with Gasteiger partial charge in [-0.25, -0.2) is 4.39 Å². The first-order valence-corrected chi connectivity index (χ1v) is 5.02. The van der Waals surface area contributed by atoms with Gasteiger partial charge in [-0.2, -0.15) is 0 Å². The molecule has 0 heterocycles. The minimum atomic E-state index is -0.293. The van der Waals surface area contributed by atoms with E-state index in [9.17, 15) is 4.39 Å². The van der Waals surface area contributed by atoms with Crippen molar-refractivity contribution < 1.29 is 9.13 Å². The number of benzene rings is 1. The van der Waals surface area contributed by atoms with Gasteiger partial charge in [-0.05, 0) is 48.2 Å². The van der Waals surface area contributed by atoms with Crippen LogP contribution in [0, 0.1) is 5.82 Å². The third-order valence-corrected chi connectivity index (χ3v) is 2.71. The molecule has 1 aromatic rings. The van der Waals surface area contributed by atoms with Crippen LogP contribution in [-0.2, 0) is 6.42 Å². The van der Waals surface area contributed by atoms with E-state index < -0.39 is 0 Å². The Morgan fingerprint density at radius 2 is 2.19 bits per heavy atom. The van der Waals surface area contributed by atoms with Gasteiger partial charge in [0.15, 0.2) is 11.6 Å². The Labute approximate surface area is 101 Å². The van der Waals surface area contributed by atoms with Crippen LogP contribution in [-0.4, -0.2) is 13.7 Å². The SMILES string of the molecule is COc1cc2c(cc1F)CC=C2CCN.Cl. The first-order chi connectivity index (χ1) is 7.26. The summed E-state index contributed by atoms with van der Waals surface area (Å²) in [5, 5.41) is 0. The van der Waals surface area contributed by atoms with Gasteiger partial charge in [-0.15, -0.1) is 12.4 Å². The summed E-state index contributed by atoms with van der Waals surface area (Å²) in [5.74, 6) is 0.0113. The van der Waals surface area contributed by atoms with Crippen molar-refractivity contribution in [3.8, 4) is 5.75 Å². The molecular formula is C12H15ClFNO. The Balaban J connectivity index is 0.00000128. The number of ether oxygens (including phenoxy) is 1. The van der Waals surface area contributed by atoms with E-state index in [0.29, 0.717) is 12.3 Å². The lowest BCUT2D eigenvalue weighted by Crippen LogP contribution is -2.00. The number of methoxy groups -OCH3 is 1. The van der Waals surface area contributed by atoms with Gasteiger partial charge in [-0.3, -0.25) is 0 Å². The van der Waals surface area contributed by atoms with Crippen LogP contribution in [0.5, 0.6) is 5.75 Å². The van der Waals surface area contributed by atoms with E-state index in [1.165, 1.54) is 12.7 Å². The lowest BCUT2D eigenvalue weighted by Gasteiger charge is -2.08. The van der Waals surface area contributed by atoms with Crippen LogP contribution in [0.2, 0.25) is 0 Å². The second-order valence-corrected chi connectivity index (χ2v) is 3.62. The molecule has 4 heteroatoms. The minimum Gasteiger partial charge on any atom is -0.494 e. The summed E-state index contributed by atoms with van der Waals surface area (Å²) >= 11 is 0. The van der Waals surface area contributed by atoms with Gasteiger partial charge in [0.1, 0.15) is 0 Å². The smallest absolute Gasteiger partial charge is 0.165 e. The third kappa shape index (κ3) is 2.20. The van der Waals surface area contributed by atoms with Crippen LogP contribution < -0.4 is 10.5 Å². The lowest BCUT2D eigenvalue weighted by molar-refractivity contribution is 0.386.